The van der Waals surface area contributed by atoms with Crippen molar-refractivity contribution in [2.45, 2.75) is 38.0 Å². The van der Waals surface area contributed by atoms with Gasteiger partial charge in [-0.25, -0.2) is 0 Å². The second kappa shape index (κ2) is 5.42. The molecular weight excluding hydrogens is 226 g/mol. The van der Waals surface area contributed by atoms with Gasteiger partial charge in [-0.2, -0.15) is 0 Å². The fourth-order valence-electron chi connectivity index (χ4n) is 2.55. The highest BCUT2D eigenvalue weighted by atomic mass is 16.5. The number of hydrogen-bond donors (Lipinski definition) is 1. The standard InChI is InChI=1S/C15H21NO2/c1-3-4-5-9-15(11-16-14(15)17)12-7-6-8-13(10-12)18-2/h6-8,10H,3-5,9,11H2,1-2H3,(H,16,17)/t15-/m0/s1. The van der Waals surface area contributed by atoms with Crippen molar-refractivity contribution in [3.05, 3.63) is 29.8 Å². The lowest BCUT2D eigenvalue weighted by Crippen LogP contribution is -2.62. The van der Waals surface area contributed by atoms with Crippen molar-refractivity contribution in [3.63, 3.8) is 0 Å². The fraction of sp³-hybridized carbons (Fsp3) is 0.533. The molecule has 2 rings (SSSR count). The number of amides is 1. The van der Waals surface area contributed by atoms with Crippen molar-refractivity contribution in [2.24, 2.45) is 0 Å². The van der Waals surface area contributed by atoms with Gasteiger partial charge >= 0.3 is 0 Å². The summed E-state index contributed by atoms with van der Waals surface area (Å²) in [5.41, 5.74) is 0.769. The molecule has 98 valence electrons. The lowest BCUT2D eigenvalue weighted by molar-refractivity contribution is -0.134. The summed E-state index contributed by atoms with van der Waals surface area (Å²) in [6.07, 6.45) is 4.38. The van der Waals surface area contributed by atoms with Crippen molar-refractivity contribution in [3.8, 4) is 5.75 Å². The van der Waals surface area contributed by atoms with E-state index in [2.05, 4.69) is 12.2 Å². The Bertz CT molecular complexity index is 430. The van der Waals surface area contributed by atoms with Crippen LogP contribution in [0.25, 0.3) is 0 Å². The number of β-lactam (4-membered cyclic amide) rings is 1. The zero-order valence-electron chi connectivity index (χ0n) is 11.2. The number of hydrogen-bond acceptors (Lipinski definition) is 2. The molecule has 3 heteroatoms. The maximum absolute atomic E-state index is 12.0. The largest absolute Gasteiger partial charge is 0.497 e. The smallest absolute Gasteiger partial charge is 0.232 e. The van der Waals surface area contributed by atoms with E-state index >= 15 is 0 Å². The summed E-state index contributed by atoms with van der Waals surface area (Å²) in [5, 5.41) is 2.88. The molecule has 1 fully saturated rings. The number of unbranched alkanes of at least 4 members (excludes halogenated alkanes) is 2. The van der Waals surface area contributed by atoms with E-state index in [1.54, 1.807) is 7.11 Å². The van der Waals surface area contributed by atoms with Crippen LogP contribution in [0.1, 0.15) is 38.2 Å². The van der Waals surface area contributed by atoms with E-state index in [1.807, 2.05) is 24.3 Å². The predicted octanol–water partition coefficient (Wildman–Crippen LogP) is 2.64. The van der Waals surface area contributed by atoms with E-state index in [1.165, 1.54) is 12.8 Å². The van der Waals surface area contributed by atoms with Crippen LogP contribution in [0, 0.1) is 0 Å². The molecule has 1 heterocycles. The zero-order chi connectivity index (χ0) is 13.0. The Hall–Kier alpha value is -1.51. The lowest BCUT2D eigenvalue weighted by atomic mass is 9.70. The first kappa shape index (κ1) is 12.9. The molecule has 0 aliphatic carbocycles. The molecule has 0 unspecified atom stereocenters. The minimum Gasteiger partial charge on any atom is -0.497 e. The average molecular weight is 247 g/mol. The molecule has 1 N–H and O–H groups in total. The molecule has 1 aliphatic heterocycles. The molecule has 1 atom stereocenters. The van der Waals surface area contributed by atoms with Crippen LogP contribution in [0.3, 0.4) is 0 Å². The Morgan fingerprint density at radius 1 is 1.39 bits per heavy atom. The second-order valence-corrected chi connectivity index (χ2v) is 4.95. The first-order valence-corrected chi connectivity index (χ1v) is 6.66. The minimum atomic E-state index is -0.316. The summed E-state index contributed by atoms with van der Waals surface area (Å²) >= 11 is 0. The molecule has 1 amide bonds. The summed E-state index contributed by atoms with van der Waals surface area (Å²) in [6.45, 7) is 2.93. The van der Waals surface area contributed by atoms with E-state index in [4.69, 9.17) is 4.74 Å². The first-order valence-electron chi connectivity index (χ1n) is 6.66. The Morgan fingerprint density at radius 2 is 2.22 bits per heavy atom. The quantitative estimate of drug-likeness (QED) is 0.620. The highest BCUT2D eigenvalue weighted by Crippen LogP contribution is 2.36. The monoisotopic (exact) mass is 247 g/mol. The van der Waals surface area contributed by atoms with Crippen LogP contribution in [0.4, 0.5) is 0 Å². The molecule has 1 aromatic rings. The van der Waals surface area contributed by atoms with Crippen LogP contribution in [0.15, 0.2) is 24.3 Å². The van der Waals surface area contributed by atoms with Gasteiger partial charge < -0.3 is 10.1 Å². The van der Waals surface area contributed by atoms with E-state index in [9.17, 15) is 4.79 Å². The minimum absolute atomic E-state index is 0.159. The first-order chi connectivity index (χ1) is 8.73. The van der Waals surface area contributed by atoms with E-state index in [-0.39, 0.29) is 11.3 Å². The van der Waals surface area contributed by atoms with Crippen LogP contribution in [0.2, 0.25) is 0 Å². The van der Waals surface area contributed by atoms with Gasteiger partial charge in [-0.3, -0.25) is 4.79 Å². The van der Waals surface area contributed by atoms with Crippen LogP contribution < -0.4 is 10.1 Å². The van der Waals surface area contributed by atoms with Gasteiger partial charge in [0.05, 0.1) is 12.5 Å². The highest BCUT2D eigenvalue weighted by Gasteiger charge is 2.47. The van der Waals surface area contributed by atoms with Gasteiger partial charge in [0.25, 0.3) is 0 Å². The van der Waals surface area contributed by atoms with Gasteiger partial charge in [0.2, 0.25) is 5.91 Å². The highest BCUT2D eigenvalue weighted by molar-refractivity contribution is 5.94. The van der Waals surface area contributed by atoms with Crippen molar-refractivity contribution in [1.29, 1.82) is 0 Å². The Kier molecular flexibility index (Phi) is 3.90. The van der Waals surface area contributed by atoms with Crippen molar-refractivity contribution in [1.82, 2.24) is 5.32 Å². The van der Waals surface area contributed by atoms with Gasteiger partial charge in [-0.1, -0.05) is 38.3 Å². The molecule has 1 aliphatic rings. The normalized spacial score (nSPS) is 22.2. The molecular formula is C15H21NO2. The van der Waals surface area contributed by atoms with Gasteiger partial charge in [0, 0.05) is 6.54 Å². The van der Waals surface area contributed by atoms with Crippen LogP contribution in [-0.4, -0.2) is 19.6 Å². The maximum atomic E-state index is 12.0. The molecule has 0 bridgehead atoms. The molecule has 18 heavy (non-hydrogen) atoms. The third-order valence-electron chi connectivity index (χ3n) is 3.81. The number of carbonyl (C=O) groups excluding carboxylic acids is 1. The molecule has 1 aromatic carbocycles. The SMILES string of the molecule is CCCCC[C@@]1(c2cccc(OC)c2)CNC1=O. The predicted molar refractivity (Wildman–Crippen MR) is 71.8 cm³/mol. The third-order valence-corrected chi connectivity index (χ3v) is 3.81. The number of benzene rings is 1. The topological polar surface area (TPSA) is 38.3 Å². The van der Waals surface area contributed by atoms with Gasteiger partial charge in [0.15, 0.2) is 0 Å². The lowest BCUT2D eigenvalue weighted by Gasteiger charge is -2.41. The molecule has 0 aromatic heterocycles. The maximum Gasteiger partial charge on any atom is 0.232 e. The van der Waals surface area contributed by atoms with Crippen molar-refractivity contribution >= 4 is 5.91 Å². The van der Waals surface area contributed by atoms with Crippen molar-refractivity contribution in [2.75, 3.05) is 13.7 Å². The summed E-state index contributed by atoms with van der Waals surface area (Å²) in [4.78, 5) is 12.0. The van der Waals surface area contributed by atoms with Gasteiger partial charge in [-0.05, 0) is 24.1 Å². The molecule has 1 saturated heterocycles. The number of rotatable bonds is 6. The Balaban J connectivity index is 2.21. The Labute approximate surface area is 109 Å². The van der Waals surface area contributed by atoms with Crippen LogP contribution in [-0.2, 0) is 10.2 Å². The average Bonchev–Trinajstić information content (AvgIpc) is 2.42. The number of methoxy groups -OCH3 is 1. The zero-order valence-corrected chi connectivity index (χ0v) is 11.2. The van der Waals surface area contributed by atoms with Crippen LogP contribution >= 0.6 is 0 Å². The number of carbonyl (C=O) groups is 1. The fourth-order valence-corrected chi connectivity index (χ4v) is 2.55. The summed E-state index contributed by atoms with van der Waals surface area (Å²) < 4.78 is 5.25. The molecule has 0 saturated carbocycles. The number of ether oxygens (including phenoxy) is 1. The van der Waals surface area contributed by atoms with E-state index in [0.29, 0.717) is 0 Å². The van der Waals surface area contributed by atoms with Crippen LogP contribution in [0.5, 0.6) is 5.75 Å². The second-order valence-electron chi connectivity index (χ2n) is 4.95. The Morgan fingerprint density at radius 3 is 2.78 bits per heavy atom. The van der Waals surface area contributed by atoms with Gasteiger partial charge in [0.1, 0.15) is 5.75 Å². The third kappa shape index (κ3) is 2.22. The van der Waals surface area contributed by atoms with Crippen molar-refractivity contribution < 1.29 is 9.53 Å². The summed E-state index contributed by atoms with van der Waals surface area (Å²) in [7, 11) is 1.66. The molecule has 0 radical (unpaired) electrons. The van der Waals surface area contributed by atoms with E-state index in [0.717, 1.165) is 30.7 Å². The summed E-state index contributed by atoms with van der Waals surface area (Å²) in [6, 6.07) is 7.90. The summed E-state index contributed by atoms with van der Waals surface area (Å²) in [5.74, 6) is 0.980. The number of nitrogens with one attached hydrogen (secondary N) is 1. The molecule has 0 spiro atoms. The molecule has 3 nitrogen and oxygen atoms in total. The van der Waals surface area contributed by atoms with Gasteiger partial charge in [-0.15, -0.1) is 0 Å². The van der Waals surface area contributed by atoms with E-state index < -0.39 is 0 Å².